The summed E-state index contributed by atoms with van der Waals surface area (Å²) in [5, 5.41) is 8.43. The van der Waals surface area contributed by atoms with Crippen molar-refractivity contribution in [2.24, 2.45) is 11.8 Å². The number of hydrogen-bond acceptors (Lipinski definition) is 13. The Hall–Kier alpha value is -8.07. The molecule has 3 N–H and O–H groups in total. The van der Waals surface area contributed by atoms with E-state index in [0.29, 0.717) is 118 Å². The predicted molar refractivity (Wildman–Crippen MR) is 325 cm³/mol. The Labute approximate surface area is 505 Å². The molecule has 7 aliphatic heterocycles. The molecule has 9 heterocycles. The van der Waals surface area contributed by atoms with Crippen LogP contribution in [0.15, 0.2) is 60.9 Å². The second kappa shape index (κ2) is 22.9. The lowest BCUT2D eigenvalue weighted by Crippen LogP contribution is -2.58. The first kappa shape index (κ1) is 58.0. The van der Waals surface area contributed by atoms with Gasteiger partial charge >= 0.3 is 0 Å². The number of nitrogens with zero attached hydrogens (tertiary/aromatic N) is 9. The van der Waals surface area contributed by atoms with E-state index in [0.717, 1.165) is 53.3 Å². The summed E-state index contributed by atoms with van der Waals surface area (Å²) < 4.78 is 18.0. The number of carbonyl (C=O) groups is 8. The van der Waals surface area contributed by atoms with Crippen molar-refractivity contribution in [3.63, 3.8) is 0 Å². The summed E-state index contributed by atoms with van der Waals surface area (Å²) >= 11 is 0. The highest BCUT2D eigenvalue weighted by Crippen LogP contribution is 2.53. The fourth-order valence-electron chi connectivity index (χ4n) is 15.1. The number of anilines is 4. The highest BCUT2D eigenvalue weighted by atomic mass is 19.1. The first-order valence-corrected chi connectivity index (χ1v) is 31.5. The highest BCUT2D eigenvalue weighted by molar-refractivity contribution is 6.24. The number of hydrogen-bond donors (Lipinski definition) is 3. The van der Waals surface area contributed by atoms with Gasteiger partial charge in [0.1, 0.15) is 17.4 Å². The van der Waals surface area contributed by atoms with Crippen LogP contribution in [0.2, 0.25) is 0 Å². The second-order valence-corrected chi connectivity index (χ2v) is 26.1. The number of rotatable bonds is 12. The van der Waals surface area contributed by atoms with Gasteiger partial charge < -0.3 is 39.7 Å². The smallest absolute Gasteiger partial charge is 0.262 e. The van der Waals surface area contributed by atoms with E-state index in [4.69, 9.17) is 9.97 Å². The Morgan fingerprint density at radius 2 is 1.40 bits per heavy atom. The number of likely N-dealkylation sites (tertiary alicyclic amines) is 3. The van der Waals surface area contributed by atoms with Crippen LogP contribution in [0.1, 0.15) is 159 Å². The number of aryl methyl sites for hydroxylation is 1. The van der Waals surface area contributed by atoms with Gasteiger partial charge in [-0.1, -0.05) is 18.6 Å². The molecule has 1 aliphatic carbocycles. The molecule has 1 atom stereocenters. The average Bonchev–Trinajstić information content (AvgIpc) is 1.58. The molecule has 0 bridgehead atoms. The lowest BCUT2D eigenvalue weighted by atomic mass is 9.73. The van der Waals surface area contributed by atoms with Gasteiger partial charge in [0.15, 0.2) is 5.82 Å². The number of nitrogens with one attached hydrogen (secondary N) is 3. The lowest BCUT2D eigenvalue weighted by molar-refractivity contribution is -0.144. The first-order chi connectivity index (χ1) is 41.8. The average molecular weight is 1190 g/mol. The molecule has 5 aromatic rings. The van der Waals surface area contributed by atoms with E-state index in [9.17, 15) is 33.6 Å². The van der Waals surface area contributed by atoms with Crippen LogP contribution >= 0.6 is 0 Å². The van der Waals surface area contributed by atoms with Crippen molar-refractivity contribution in [1.82, 2.24) is 44.8 Å². The van der Waals surface area contributed by atoms with Crippen LogP contribution in [0.5, 0.6) is 0 Å². The van der Waals surface area contributed by atoms with Gasteiger partial charge in [-0.05, 0) is 172 Å². The van der Waals surface area contributed by atoms with Gasteiger partial charge in [-0.15, -0.1) is 0 Å². The Bertz CT molecular complexity index is 3660. The Balaban J connectivity index is 0.682. The Morgan fingerprint density at radius 3 is 2.08 bits per heavy atom. The Morgan fingerprint density at radius 1 is 0.724 bits per heavy atom. The van der Waals surface area contributed by atoms with Crippen molar-refractivity contribution in [2.75, 3.05) is 67.5 Å². The molecule has 21 heteroatoms. The van der Waals surface area contributed by atoms with Gasteiger partial charge in [0.05, 0.1) is 39.8 Å². The SMILES string of the molecule is Cc1cc(F)c(Nc2nc(-c3ccc4c(c3)N(C3CC(N5CCCCC5)C3)C(=O)C43CCN(C(=O)C4CCN(C(=O)C5CCN(c6ccc7c(c6)C(=O)N(C6CCC(=O)NC6=O)C7=O)CC5)CC4)CC3)cc3ncn(C(C)C)c23)cc1C(=O)NC(C)C. The molecule has 6 fully saturated rings. The summed E-state index contributed by atoms with van der Waals surface area (Å²) in [6.07, 6.45) is 10.6. The van der Waals surface area contributed by atoms with E-state index in [1.165, 1.54) is 31.4 Å². The maximum absolute atomic E-state index is 16.0. The quantitative estimate of drug-likeness (QED) is 0.102. The van der Waals surface area contributed by atoms with E-state index in [1.807, 2.05) is 54.2 Å². The van der Waals surface area contributed by atoms with Gasteiger partial charge in [0.2, 0.25) is 29.5 Å². The van der Waals surface area contributed by atoms with Crippen molar-refractivity contribution in [2.45, 2.75) is 154 Å². The van der Waals surface area contributed by atoms with E-state index in [-0.39, 0.29) is 83.2 Å². The van der Waals surface area contributed by atoms with Crippen LogP contribution in [0, 0.1) is 24.6 Å². The molecule has 13 rings (SSSR count). The minimum atomic E-state index is -1.04. The van der Waals surface area contributed by atoms with Gasteiger partial charge in [0, 0.05) is 104 Å². The number of aromatic nitrogens is 3. The summed E-state index contributed by atoms with van der Waals surface area (Å²) in [5.41, 5.74) is 5.91. The molecule has 20 nitrogen and oxygen atoms in total. The maximum Gasteiger partial charge on any atom is 0.262 e. The molecule has 8 aliphatic rings. The zero-order valence-electron chi connectivity index (χ0n) is 50.3. The van der Waals surface area contributed by atoms with Crippen molar-refractivity contribution >= 4 is 81.2 Å². The molecule has 1 saturated carbocycles. The van der Waals surface area contributed by atoms with Gasteiger partial charge in [-0.3, -0.25) is 48.6 Å². The number of carbonyl (C=O) groups excluding carboxylic acids is 8. The van der Waals surface area contributed by atoms with E-state index in [1.54, 1.807) is 31.5 Å². The molecule has 5 saturated heterocycles. The summed E-state index contributed by atoms with van der Waals surface area (Å²) in [7, 11) is 0. The fourth-order valence-corrected chi connectivity index (χ4v) is 15.1. The largest absolute Gasteiger partial charge is 0.371 e. The molecule has 2 aromatic heterocycles. The molecular formula is C66H77FN12O8. The zero-order chi connectivity index (χ0) is 60.7. The van der Waals surface area contributed by atoms with Crippen molar-refractivity contribution in [1.29, 1.82) is 0 Å². The number of benzene rings is 3. The molecule has 1 unspecified atom stereocenters. The summed E-state index contributed by atoms with van der Waals surface area (Å²) in [4.78, 5) is 130. The minimum Gasteiger partial charge on any atom is -0.371 e. The van der Waals surface area contributed by atoms with Crippen LogP contribution in [-0.4, -0.2) is 158 Å². The third-order valence-electron chi connectivity index (χ3n) is 20.1. The van der Waals surface area contributed by atoms with E-state index in [2.05, 4.69) is 42.8 Å². The van der Waals surface area contributed by atoms with Crippen LogP contribution in [0.4, 0.5) is 27.3 Å². The van der Waals surface area contributed by atoms with E-state index >= 15 is 9.18 Å². The number of piperidine rings is 5. The highest BCUT2D eigenvalue weighted by Gasteiger charge is 2.56. The minimum absolute atomic E-state index is 0.00170. The van der Waals surface area contributed by atoms with Gasteiger partial charge in [0.25, 0.3) is 17.7 Å². The van der Waals surface area contributed by atoms with Crippen LogP contribution in [0.25, 0.3) is 22.3 Å². The summed E-state index contributed by atoms with van der Waals surface area (Å²) in [5.74, 6) is -2.80. The third-order valence-corrected chi connectivity index (χ3v) is 20.1. The number of imide groups is 2. The monoisotopic (exact) mass is 1180 g/mol. The van der Waals surface area contributed by atoms with Gasteiger partial charge in [-0.25, -0.2) is 14.4 Å². The number of imidazole rings is 1. The predicted octanol–water partition coefficient (Wildman–Crippen LogP) is 7.79. The third kappa shape index (κ3) is 10.4. The molecule has 1 spiro atoms. The summed E-state index contributed by atoms with van der Waals surface area (Å²) in [6, 6.07) is 15.4. The molecule has 87 heavy (non-hydrogen) atoms. The Kier molecular flexibility index (Phi) is 15.3. The van der Waals surface area contributed by atoms with Crippen molar-refractivity contribution < 1.29 is 42.7 Å². The first-order valence-electron chi connectivity index (χ1n) is 31.5. The standard InChI is InChI=1S/C66H77FN12O8/c1-37(2)69-59(81)47-34-52(50(67)29-39(47)5)71-58-57-53(68-36-77(57)38(3)4)35-51(70-58)42-9-12-49-55(30-42)78(45-31-44(32-45)73-21-7-6-8-22-73)65(87)66(49)19-27-76(28-20-66)62(84)41-17-25-75(26-18-41)61(83)40-15-23-74(24-16-40)43-10-11-46-48(33-43)64(86)79(63(46)85)54-13-14-56(80)72-60(54)82/h9-12,29-30,33-38,40-41,44-45,54H,6-8,13-28,31-32H2,1-5H3,(H,69,81)(H,70,71)(H,72,80,82). The molecule has 3 aromatic carbocycles. The van der Waals surface area contributed by atoms with Crippen LogP contribution in [-0.2, 0) is 29.4 Å². The van der Waals surface area contributed by atoms with Crippen LogP contribution < -0.4 is 25.8 Å². The van der Waals surface area contributed by atoms with E-state index < -0.39 is 40.9 Å². The van der Waals surface area contributed by atoms with Crippen molar-refractivity contribution in [3.05, 3.63) is 94.6 Å². The summed E-state index contributed by atoms with van der Waals surface area (Å²) in [6.45, 7) is 14.7. The van der Waals surface area contributed by atoms with Gasteiger partial charge in [-0.2, -0.15) is 0 Å². The molecular weight excluding hydrogens is 1110 g/mol. The fraction of sp³-hybridized carbons (Fsp3) is 0.515. The number of amides is 8. The van der Waals surface area contributed by atoms with Crippen molar-refractivity contribution in [3.8, 4) is 11.3 Å². The topological polar surface area (TPSA) is 223 Å². The molecule has 456 valence electrons. The van der Waals surface area contributed by atoms with Crippen LogP contribution in [0.3, 0.4) is 0 Å². The maximum atomic E-state index is 16.0. The normalized spacial score (nSPS) is 22.8. The second-order valence-electron chi connectivity index (χ2n) is 26.1. The number of pyridine rings is 1. The molecule has 8 amide bonds. The number of halogens is 1. The molecule has 0 radical (unpaired) electrons. The number of fused-ring (bicyclic) bond motifs is 4. The zero-order valence-corrected chi connectivity index (χ0v) is 50.3. The lowest BCUT2D eigenvalue weighted by Gasteiger charge is -2.48.